The van der Waals surface area contributed by atoms with Crippen LogP contribution in [0.4, 0.5) is 0 Å². The number of allylic oxidation sites excluding steroid dienone is 1. The Hall–Kier alpha value is -2.34. The maximum atomic E-state index is 12.5. The Morgan fingerprint density at radius 3 is 2.88 bits per heavy atom. The average molecular weight is 358 g/mol. The van der Waals surface area contributed by atoms with Gasteiger partial charge >= 0.3 is 11.9 Å². The molecule has 1 saturated heterocycles. The van der Waals surface area contributed by atoms with Crippen molar-refractivity contribution in [1.29, 1.82) is 0 Å². The molecule has 6 nitrogen and oxygen atoms in total. The van der Waals surface area contributed by atoms with Gasteiger partial charge in [0.05, 0.1) is 24.0 Å². The minimum Gasteiger partial charge on any atom is -0.472 e. The van der Waals surface area contributed by atoms with Crippen molar-refractivity contribution >= 4 is 11.9 Å². The van der Waals surface area contributed by atoms with Crippen LogP contribution in [-0.2, 0) is 19.1 Å². The van der Waals surface area contributed by atoms with E-state index >= 15 is 0 Å². The number of furan rings is 1. The van der Waals surface area contributed by atoms with Crippen molar-refractivity contribution in [3.63, 3.8) is 0 Å². The Labute approximate surface area is 151 Å². The first kappa shape index (κ1) is 17.1. The van der Waals surface area contributed by atoms with Gasteiger partial charge in [-0.3, -0.25) is 0 Å². The molecule has 0 aromatic carbocycles. The summed E-state index contributed by atoms with van der Waals surface area (Å²) in [6.45, 7) is 2.11. The standard InChI is InChI=1S/C20H22O6/c1-12-9-16(13-6-8-24-10-13)26-18(22)14(12)5-7-20-11-25-19(23)15(20)3-2-4-17(20)21/h3,6,8,10,16-17,21H,2,4-5,7,9,11H2,1H3. The number of hydrogen-bond acceptors (Lipinski definition) is 6. The van der Waals surface area contributed by atoms with Gasteiger partial charge in [-0.2, -0.15) is 0 Å². The Balaban J connectivity index is 1.53. The predicted octanol–water partition coefficient (Wildman–Crippen LogP) is 2.99. The Morgan fingerprint density at radius 2 is 2.15 bits per heavy atom. The highest BCUT2D eigenvalue weighted by Gasteiger charge is 2.51. The molecule has 3 heterocycles. The van der Waals surface area contributed by atoms with Crippen molar-refractivity contribution in [2.45, 2.75) is 51.2 Å². The van der Waals surface area contributed by atoms with Crippen LogP contribution in [0.5, 0.6) is 0 Å². The maximum Gasteiger partial charge on any atom is 0.334 e. The van der Waals surface area contributed by atoms with Crippen LogP contribution in [0.15, 0.2) is 45.8 Å². The molecule has 26 heavy (non-hydrogen) atoms. The van der Waals surface area contributed by atoms with Crippen molar-refractivity contribution in [3.05, 3.63) is 47.0 Å². The zero-order valence-corrected chi connectivity index (χ0v) is 14.7. The van der Waals surface area contributed by atoms with Crippen LogP contribution in [-0.4, -0.2) is 29.8 Å². The fraction of sp³-hybridized carbons (Fsp3) is 0.500. The highest BCUT2D eigenvalue weighted by Crippen LogP contribution is 2.48. The Bertz CT molecular complexity index is 787. The summed E-state index contributed by atoms with van der Waals surface area (Å²) in [5.41, 5.74) is 2.32. The molecule has 6 heteroatoms. The summed E-state index contributed by atoms with van der Waals surface area (Å²) in [7, 11) is 0. The topological polar surface area (TPSA) is 86.0 Å². The third kappa shape index (κ3) is 2.69. The molecular weight excluding hydrogens is 336 g/mol. The lowest BCUT2D eigenvalue weighted by atomic mass is 9.68. The molecule has 0 spiro atoms. The smallest absolute Gasteiger partial charge is 0.334 e. The maximum absolute atomic E-state index is 12.5. The van der Waals surface area contributed by atoms with Gasteiger partial charge in [-0.05, 0) is 38.7 Å². The first-order chi connectivity index (χ1) is 12.5. The summed E-state index contributed by atoms with van der Waals surface area (Å²) in [6.07, 6.45) is 6.90. The molecule has 1 fully saturated rings. The van der Waals surface area contributed by atoms with Gasteiger partial charge in [0.1, 0.15) is 12.7 Å². The SMILES string of the molecule is CC1=C(CCC23COC(=O)C2=CCCC3O)C(=O)OC(c2ccoc2)C1. The summed E-state index contributed by atoms with van der Waals surface area (Å²) < 4.78 is 15.9. The number of ether oxygens (including phenoxy) is 2. The fourth-order valence-corrected chi connectivity index (χ4v) is 4.28. The van der Waals surface area contributed by atoms with Crippen LogP contribution in [0.2, 0.25) is 0 Å². The number of fused-ring (bicyclic) bond motifs is 1. The van der Waals surface area contributed by atoms with Gasteiger partial charge in [-0.15, -0.1) is 0 Å². The van der Waals surface area contributed by atoms with E-state index in [0.29, 0.717) is 43.3 Å². The van der Waals surface area contributed by atoms with Crippen molar-refractivity contribution in [3.8, 4) is 0 Å². The van der Waals surface area contributed by atoms with Crippen LogP contribution >= 0.6 is 0 Å². The summed E-state index contributed by atoms with van der Waals surface area (Å²) in [6, 6.07) is 1.80. The number of rotatable bonds is 4. The molecule has 1 N–H and O–H groups in total. The van der Waals surface area contributed by atoms with Gasteiger partial charge < -0.3 is 19.0 Å². The zero-order valence-electron chi connectivity index (χ0n) is 14.7. The summed E-state index contributed by atoms with van der Waals surface area (Å²) in [4.78, 5) is 24.5. The summed E-state index contributed by atoms with van der Waals surface area (Å²) in [5.74, 6) is -0.682. The highest BCUT2D eigenvalue weighted by atomic mass is 16.5. The first-order valence-electron chi connectivity index (χ1n) is 8.99. The van der Waals surface area contributed by atoms with E-state index in [1.54, 1.807) is 18.6 Å². The molecule has 138 valence electrons. The van der Waals surface area contributed by atoms with Crippen LogP contribution in [0.1, 0.15) is 50.7 Å². The third-order valence-corrected chi connectivity index (χ3v) is 5.88. The highest BCUT2D eigenvalue weighted by molar-refractivity contribution is 5.93. The van der Waals surface area contributed by atoms with E-state index in [-0.39, 0.29) is 24.6 Å². The van der Waals surface area contributed by atoms with Gasteiger partial charge in [0.25, 0.3) is 0 Å². The van der Waals surface area contributed by atoms with Crippen LogP contribution in [0, 0.1) is 5.41 Å². The van der Waals surface area contributed by atoms with E-state index in [9.17, 15) is 14.7 Å². The van der Waals surface area contributed by atoms with Gasteiger partial charge in [-0.1, -0.05) is 11.6 Å². The average Bonchev–Trinajstić information content (AvgIpc) is 3.25. The largest absolute Gasteiger partial charge is 0.472 e. The number of carbonyl (C=O) groups is 2. The van der Waals surface area contributed by atoms with E-state index in [2.05, 4.69) is 0 Å². The number of aliphatic hydroxyl groups excluding tert-OH is 1. The quantitative estimate of drug-likeness (QED) is 0.833. The molecule has 0 amide bonds. The van der Waals surface area contributed by atoms with E-state index in [0.717, 1.165) is 11.1 Å². The second-order valence-corrected chi connectivity index (χ2v) is 7.36. The van der Waals surface area contributed by atoms with Crippen LogP contribution < -0.4 is 0 Å². The van der Waals surface area contributed by atoms with Crippen molar-refractivity contribution < 1.29 is 28.6 Å². The molecule has 0 bridgehead atoms. The van der Waals surface area contributed by atoms with E-state index in [1.807, 2.05) is 13.0 Å². The Kier molecular flexibility index (Phi) is 4.23. The molecule has 1 aromatic heterocycles. The van der Waals surface area contributed by atoms with Crippen molar-refractivity contribution in [2.75, 3.05) is 6.61 Å². The molecule has 0 saturated carbocycles. The molecule has 4 rings (SSSR count). The second kappa shape index (κ2) is 6.43. The van der Waals surface area contributed by atoms with Crippen molar-refractivity contribution in [1.82, 2.24) is 0 Å². The lowest BCUT2D eigenvalue weighted by Crippen LogP contribution is -2.40. The van der Waals surface area contributed by atoms with Gasteiger partial charge in [0, 0.05) is 23.1 Å². The monoisotopic (exact) mass is 358 g/mol. The number of aliphatic hydroxyl groups is 1. The van der Waals surface area contributed by atoms with Crippen LogP contribution in [0.3, 0.4) is 0 Å². The zero-order chi connectivity index (χ0) is 18.3. The summed E-state index contributed by atoms with van der Waals surface area (Å²) in [5, 5.41) is 10.6. The fourth-order valence-electron chi connectivity index (χ4n) is 4.28. The molecule has 1 aromatic rings. The normalized spacial score (nSPS) is 31.4. The van der Waals surface area contributed by atoms with Crippen LogP contribution in [0.25, 0.3) is 0 Å². The predicted molar refractivity (Wildman–Crippen MR) is 90.8 cm³/mol. The first-order valence-corrected chi connectivity index (χ1v) is 8.99. The van der Waals surface area contributed by atoms with Gasteiger partial charge in [0.2, 0.25) is 0 Å². The number of hydrogen-bond donors (Lipinski definition) is 1. The van der Waals surface area contributed by atoms with Crippen molar-refractivity contribution in [2.24, 2.45) is 5.41 Å². The Morgan fingerprint density at radius 1 is 1.31 bits per heavy atom. The van der Waals surface area contributed by atoms with E-state index < -0.39 is 11.5 Å². The lowest BCUT2D eigenvalue weighted by Gasteiger charge is -2.36. The number of esters is 2. The van der Waals surface area contributed by atoms with E-state index in [4.69, 9.17) is 13.9 Å². The number of cyclic esters (lactones) is 2. The molecule has 3 aliphatic rings. The second-order valence-electron chi connectivity index (χ2n) is 7.36. The molecule has 0 radical (unpaired) electrons. The lowest BCUT2D eigenvalue weighted by molar-refractivity contribution is -0.146. The minimum absolute atomic E-state index is 0.178. The third-order valence-electron chi connectivity index (χ3n) is 5.88. The molecule has 1 aliphatic carbocycles. The molecule has 3 unspecified atom stereocenters. The van der Waals surface area contributed by atoms with Gasteiger partial charge in [0.15, 0.2) is 0 Å². The molecular formula is C20H22O6. The summed E-state index contributed by atoms with van der Waals surface area (Å²) >= 11 is 0. The molecule has 2 aliphatic heterocycles. The minimum atomic E-state index is -0.704. The van der Waals surface area contributed by atoms with Gasteiger partial charge in [-0.25, -0.2) is 9.59 Å². The van der Waals surface area contributed by atoms with E-state index in [1.165, 1.54) is 0 Å². The number of carbonyl (C=O) groups excluding carboxylic acids is 2. The molecule has 3 atom stereocenters.